The first-order valence-electron chi connectivity index (χ1n) is 8.65. The van der Waals surface area contributed by atoms with E-state index in [9.17, 15) is 4.79 Å². The van der Waals surface area contributed by atoms with E-state index in [1.807, 2.05) is 30.3 Å². The fraction of sp³-hybridized carbons (Fsp3) is 0.143. The molecule has 0 bridgehead atoms. The average molecular weight is 411 g/mol. The lowest BCUT2D eigenvalue weighted by molar-refractivity contribution is 0.0956. The molecule has 0 aliphatic rings. The third-order valence-electron chi connectivity index (χ3n) is 4.13. The molecule has 0 aliphatic heterocycles. The van der Waals surface area contributed by atoms with Gasteiger partial charge in [-0.1, -0.05) is 30.3 Å². The van der Waals surface area contributed by atoms with Crippen LogP contribution in [0.15, 0.2) is 53.6 Å². The van der Waals surface area contributed by atoms with Crippen LogP contribution in [-0.2, 0) is 0 Å². The molecule has 0 saturated carbocycles. The molecule has 0 fully saturated rings. The molecule has 0 saturated heterocycles. The molecule has 3 aromatic rings. The Balaban J connectivity index is 1.76. The number of thiophene rings is 1. The Morgan fingerprint density at radius 3 is 2.28 bits per heavy atom. The summed E-state index contributed by atoms with van der Waals surface area (Å²) >= 11 is 1.36. The Morgan fingerprint density at radius 2 is 1.69 bits per heavy atom. The minimum atomic E-state index is -0.385. The molecule has 1 amide bonds. The van der Waals surface area contributed by atoms with Crippen molar-refractivity contribution in [1.82, 2.24) is 5.43 Å². The number of carbonyl (C=O) groups is 1. The molecule has 3 N–H and O–H groups in total. The van der Waals surface area contributed by atoms with E-state index in [-0.39, 0.29) is 5.91 Å². The van der Waals surface area contributed by atoms with Crippen LogP contribution in [0.25, 0.3) is 10.4 Å². The largest absolute Gasteiger partial charge is 0.493 e. The van der Waals surface area contributed by atoms with Crippen LogP contribution >= 0.6 is 11.3 Å². The second-order valence-corrected chi connectivity index (χ2v) is 7.00. The molecule has 0 unspecified atom stereocenters. The Morgan fingerprint density at radius 1 is 1.03 bits per heavy atom. The lowest BCUT2D eigenvalue weighted by Crippen LogP contribution is -2.18. The average Bonchev–Trinajstić information content (AvgIpc) is 3.15. The van der Waals surface area contributed by atoms with E-state index in [1.54, 1.807) is 18.2 Å². The van der Waals surface area contributed by atoms with Crippen molar-refractivity contribution in [1.29, 1.82) is 0 Å². The van der Waals surface area contributed by atoms with Crippen molar-refractivity contribution in [3.05, 3.63) is 59.7 Å². The summed E-state index contributed by atoms with van der Waals surface area (Å²) in [6.07, 6.45) is 1.49. The first kappa shape index (κ1) is 20.2. The molecular formula is C21H21N3O4S. The Hall–Kier alpha value is -3.52. The number of hydrogen-bond acceptors (Lipinski definition) is 7. The van der Waals surface area contributed by atoms with Gasteiger partial charge in [0.25, 0.3) is 5.91 Å². The van der Waals surface area contributed by atoms with Crippen molar-refractivity contribution in [2.45, 2.75) is 0 Å². The van der Waals surface area contributed by atoms with Crippen molar-refractivity contribution in [2.75, 3.05) is 27.1 Å². The zero-order valence-corrected chi connectivity index (χ0v) is 17.1. The molecule has 8 heteroatoms. The van der Waals surface area contributed by atoms with Gasteiger partial charge < -0.3 is 19.9 Å². The fourth-order valence-corrected chi connectivity index (χ4v) is 3.66. The predicted octanol–water partition coefficient (Wildman–Crippen LogP) is 3.79. The Bertz CT molecular complexity index is 1010. The Kier molecular flexibility index (Phi) is 6.36. The van der Waals surface area contributed by atoms with E-state index < -0.39 is 0 Å². The zero-order chi connectivity index (χ0) is 20.8. The molecule has 2 aromatic carbocycles. The summed E-state index contributed by atoms with van der Waals surface area (Å²) in [5.41, 5.74) is 10.6. The summed E-state index contributed by atoms with van der Waals surface area (Å²) in [7, 11) is 4.59. The lowest BCUT2D eigenvalue weighted by Gasteiger charge is -2.12. The van der Waals surface area contributed by atoms with Crippen LogP contribution < -0.4 is 25.4 Å². The van der Waals surface area contributed by atoms with Gasteiger partial charge >= 0.3 is 0 Å². The summed E-state index contributed by atoms with van der Waals surface area (Å²) in [6.45, 7) is 0. The van der Waals surface area contributed by atoms with Gasteiger partial charge in [-0.15, -0.1) is 11.3 Å². The summed E-state index contributed by atoms with van der Waals surface area (Å²) in [5, 5.41) is 4.45. The number of ether oxygens (including phenoxy) is 3. The molecule has 0 radical (unpaired) electrons. The van der Waals surface area contributed by atoms with Gasteiger partial charge in [0.1, 0.15) is 0 Å². The molecule has 29 heavy (non-hydrogen) atoms. The number of nitrogens with two attached hydrogens (primary N) is 1. The van der Waals surface area contributed by atoms with E-state index in [0.717, 1.165) is 10.4 Å². The number of nitrogens with zero attached hydrogens (tertiary/aromatic N) is 1. The molecular weight excluding hydrogens is 390 g/mol. The minimum Gasteiger partial charge on any atom is -0.493 e. The SMILES string of the molecule is COc1cc(C=NNC(=O)c2cc(-c3ccccc3)sc2N)cc(OC)c1OC. The van der Waals surface area contributed by atoms with Gasteiger partial charge in [-0.05, 0) is 23.8 Å². The van der Waals surface area contributed by atoms with Crippen LogP contribution in [0.4, 0.5) is 5.00 Å². The van der Waals surface area contributed by atoms with Crippen molar-refractivity contribution in [3.63, 3.8) is 0 Å². The number of anilines is 1. The zero-order valence-electron chi connectivity index (χ0n) is 16.3. The monoisotopic (exact) mass is 411 g/mol. The smallest absolute Gasteiger partial charge is 0.274 e. The van der Waals surface area contributed by atoms with E-state index in [4.69, 9.17) is 19.9 Å². The highest BCUT2D eigenvalue weighted by atomic mass is 32.1. The normalized spacial score (nSPS) is 10.7. The summed E-state index contributed by atoms with van der Waals surface area (Å²) in [5.74, 6) is 1.09. The quantitative estimate of drug-likeness (QED) is 0.456. The second kappa shape index (κ2) is 9.11. The molecule has 7 nitrogen and oxygen atoms in total. The van der Waals surface area contributed by atoms with E-state index in [0.29, 0.717) is 33.4 Å². The number of hydrogen-bond donors (Lipinski definition) is 2. The van der Waals surface area contributed by atoms with Crippen LogP contribution in [-0.4, -0.2) is 33.5 Å². The third-order valence-corrected chi connectivity index (χ3v) is 5.14. The maximum absolute atomic E-state index is 12.5. The molecule has 150 valence electrons. The Labute approximate surface area is 172 Å². The van der Waals surface area contributed by atoms with Gasteiger partial charge in [0.05, 0.1) is 38.1 Å². The van der Waals surface area contributed by atoms with Crippen LogP contribution in [0.2, 0.25) is 0 Å². The number of carbonyl (C=O) groups excluding carboxylic acids is 1. The van der Waals surface area contributed by atoms with Crippen LogP contribution in [0.1, 0.15) is 15.9 Å². The number of benzene rings is 2. The molecule has 3 rings (SSSR count). The number of nitrogens with one attached hydrogen (secondary N) is 1. The van der Waals surface area contributed by atoms with Crippen LogP contribution in [0.5, 0.6) is 17.2 Å². The first-order chi connectivity index (χ1) is 14.1. The minimum absolute atomic E-state index is 0.385. The summed E-state index contributed by atoms with van der Waals surface area (Å²) in [4.78, 5) is 13.4. The van der Waals surface area contributed by atoms with Gasteiger partial charge in [-0.25, -0.2) is 5.43 Å². The number of rotatable bonds is 7. The maximum Gasteiger partial charge on any atom is 0.274 e. The molecule has 0 aliphatic carbocycles. The molecule has 0 spiro atoms. The van der Waals surface area contributed by atoms with Gasteiger partial charge in [0, 0.05) is 10.4 Å². The first-order valence-corrected chi connectivity index (χ1v) is 9.47. The van der Waals surface area contributed by atoms with Gasteiger partial charge in [0.2, 0.25) is 5.75 Å². The van der Waals surface area contributed by atoms with Crippen molar-refractivity contribution >= 4 is 28.5 Å². The molecule has 1 heterocycles. The summed E-state index contributed by atoms with van der Waals surface area (Å²) in [6, 6.07) is 15.0. The number of methoxy groups -OCH3 is 3. The van der Waals surface area contributed by atoms with Gasteiger partial charge in [0.15, 0.2) is 11.5 Å². The highest BCUT2D eigenvalue weighted by Gasteiger charge is 2.15. The van der Waals surface area contributed by atoms with Crippen molar-refractivity contribution in [2.24, 2.45) is 5.10 Å². The number of hydrazone groups is 1. The van der Waals surface area contributed by atoms with E-state index in [2.05, 4.69) is 10.5 Å². The van der Waals surface area contributed by atoms with Gasteiger partial charge in [-0.3, -0.25) is 4.79 Å². The van der Waals surface area contributed by atoms with Crippen LogP contribution in [0.3, 0.4) is 0 Å². The molecule has 1 aromatic heterocycles. The number of amides is 1. The van der Waals surface area contributed by atoms with Crippen molar-refractivity contribution < 1.29 is 19.0 Å². The summed E-state index contributed by atoms with van der Waals surface area (Å²) < 4.78 is 15.9. The lowest BCUT2D eigenvalue weighted by atomic mass is 10.1. The van der Waals surface area contributed by atoms with E-state index >= 15 is 0 Å². The van der Waals surface area contributed by atoms with E-state index in [1.165, 1.54) is 38.9 Å². The van der Waals surface area contributed by atoms with Gasteiger partial charge in [-0.2, -0.15) is 5.10 Å². The maximum atomic E-state index is 12.5. The van der Waals surface area contributed by atoms with Crippen molar-refractivity contribution in [3.8, 4) is 27.7 Å². The second-order valence-electron chi connectivity index (χ2n) is 5.91. The number of nitrogen functional groups attached to an aromatic ring is 1. The highest BCUT2D eigenvalue weighted by molar-refractivity contribution is 7.19. The topological polar surface area (TPSA) is 95.2 Å². The third kappa shape index (κ3) is 4.49. The standard InChI is InChI=1S/C21H21N3O4S/c1-26-16-9-13(10-17(27-2)19(16)28-3)12-23-24-21(25)15-11-18(29-20(15)22)14-7-5-4-6-8-14/h4-12H,22H2,1-3H3,(H,24,25). The molecule has 0 atom stereocenters. The predicted molar refractivity (Wildman–Crippen MR) is 115 cm³/mol. The highest BCUT2D eigenvalue weighted by Crippen LogP contribution is 2.37. The van der Waals surface area contributed by atoms with Crippen LogP contribution in [0, 0.1) is 0 Å². The fourth-order valence-electron chi connectivity index (χ4n) is 2.73.